The van der Waals surface area contributed by atoms with Gasteiger partial charge in [-0.25, -0.2) is 0 Å². The normalized spacial score (nSPS) is 19.7. The number of fused-ring (bicyclic) bond motifs is 1. The van der Waals surface area contributed by atoms with Crippen molar-refractivity contribution in [1.82, 2.24) is 0 Å². The van der Waals surface area contributed by atoms with Gasteiger partial charge in [-0.3, -0.25) is 9.59 Å². The molecule has 1 heterocycles. The van der Waals surface area contributed by atoms with Crippen LogP contribution >= 0.6 is 0 Å². The van der Waals surface area contributed by atoms with Crippen LogP contribution in [0.4, 0.5) is 17.1 Å². The summed E-state index contributed by atoms with van der Waals surface area (Å²) in [5, 5.41) is 2.75. The third-order valence-electron chi connectivity index (χ3n) is 2.64. The molecular weight excluding hydrogens is 206 g/mol. The second-order valence-electron chi connectivity index (χ2n) is 3.89. The first-order chi connectivity index (χ1) is 7.61. The number of rotatable bonds is 1. The van der Waals surface area contributed by atoms with E-state index in [0.717, 1.165) is 6.41 Å². The predicted octanol–water partition coefficient (Wildman–Crippen LogP) is 0.962. The molecule has 0 spiro atoms. The van der Waals surface area contributed by atoms with Gasteiger partial charge >= 0.3 is 0 Å². The first kappa shape index (κ1) is 10.5. The lowest BCUT2D eigenvalue weighted by atomic mass is 10.2. The second-order valence-corrected chi connectivity index (χ2v) is 3.89. The van der Waals surface area contributed by atoms with E-state index in [-0.39, 0.29) is 18.4 Å². The lowest BCUT2D eigenvalue weighted by Crippen LogP contribution is -2.32. The maximum Gasteiger partial charge on any atom is 0.226 e. The zero-order chi connectivity index (χ0) is 11.7. The summed E-state index contributed by atoms with van der Waals surface area (Å²) < 4.78 is 0. The van der Waals surface area contributed by atoms with E-state index >= 15 is 0 Å². The number of carbonyl (C=O) groups excluding carboxylic acids is 2. The van der Waals surface area contributed by atoms with Gasteiger partial charge in [0.15, 0.2) is 0 Å². The zero-order valence-electron chi connectivity index (χ0n) is 8.93. The molecule has 2 amide bonds. The molecule has 3 N–H and O–H groups in total. The molecule has 0 aliphatic carbocycles. The molecule has 1 aromatic rings. The van der Waals surface area contributed by atoms with Gasteiger partial charge in [0, 0.05) is 18.2 Å². The van der Waals surface area contributed by atoms with Crippen LogP contribution in [0.2, 0.25) is 0 Å². The van der Waals surface area contributed by atoms with E-state index in [2.05, 4.69) is 5.32 Å². The van der Waals surface area contributed by atoms with Crippen LogP contribution in [0, 0.1) is 0 Å². The molecule has 1 aliphatic rings. The van der Waals surface area contributed by atoms with Crippen LogP contribution in [-0.4, -0.2) is 18.4 Å². The molecule has 0 bridgehead atoms. The zero-order valence-corrected chi connectivity index (χ0v) is 8.93. The van der Waals surface area contributed by atoms with E-state index in [1.165, 1.54) is 4.90 Å². The Morgan fingerprint density at radius 2 is 2.31 bits per heavy atom. The summed E-state index contributed by atoms with van der Waals surface area (Å²) in [7, 11) is 0. The van der Waals surface area contributed by atoms with Gasteiger partial charge < -0.3 is 16.0 Å². The third kappa shape index (κ3) is 1.71. The van der Waals surface area contributed by atoms with E-state index in [4.69, 9.17) is 5.73 Å². The molecule has 1 atom stereocenters. The number of carbonyl (C=O) groups is 2. The average molecular weight is 219 g/mol. The molecular formula is C11H13N3O2. The molecule has 2 rings (SSSR count). The highest BCUT2D eigenvalue weighted by molar-refractivity contribution is 6.00. The summed E-state index contributed by atoms with van der Waals surface area (Å²) in [4.78, 5) is 24.1. The van der Waals surface area contributed by atoms with E-state index in [9.17, 15) is 9.59 Å². The lowest BCUT2D eigenvalue weighted by molar-refractivity contribution is -0.116. The van der Waals surface area contributed by atoms with Crippen molar-refractivity contribution in [3.63, 3.8) is 0 Å². The molecule has 0 unspecified atom stereocenters. The first-order valence-corrected chi connectivity index (χ1v) is 5.05. The van der Waals surface area contributed by atoms with Crippen molar-refractivity contribution in [2.45, 2.75) is 19.4 Å². The maximum absolute atomic E-state index is 11.5. The molecule has 0 saturated carbocycles. The van der Waals surface area contributed by atoms with Gasteiger partial charge in [0.2, 0.25) is 12.3 Å². The minimum Gasteiger partial charge on any atom is -0.399 e. The topological polar surface area (TPSA) is 75.4 Å². The van der Waals surface area contributed by atoms with Gasteiger partial charge in [0.25, 0.3) is 0 Å². The fourth-order valence-corrected chi connectivity index (χ4v) is 1.83. The Balaban J connectivity index is 2.54. The standard InChI is InChI=1S/C11H13N3O2/c1-7-4-11(16)13-9-3-2-8(12)5-10(9)14(7)6-15/h2-3,5-7H,4,12H2,1H3,(H,13,16)/t7-/m1/s1. The van der Waals surface area contributed by atoms with Crippen molar-refractivity contribution >= 4 is 29.4 Å². The molecule has 0 radical (unpaired) electrons. The van der Waals surface area contributed by atoms with E-state index in [0.29, 0.717) is 17.1 Å². The molecule has 84 valence electrons. The Morgan fingerprint density at radius 1 is 1.56 bits per heavy atom. The number of nitrogens with one attached hydrogen (secondary N) is 1. The number of nitrogens with zero attached hydrogens (tertiary/aromatic N) is 1. The maximum atomic E-state index is 11.5. The van der Waals surface area contributed by atoms with Crippen molar-refractivity contribution in [2.24, 2.45) is 0 Å². The fourth-order valence-electron chi connectivity index (χ4n) is 1.83. The molecule has 5 nitrogen and oxygen atoms in total. The summed E-state index contributed by atoms with van der Waals surface area (Å²) in [6, 6.07) is 4.92. The van der Waals surface area contributed by atoms with Gasteiger partial charge in [-0.1, -0.05) is 0 Å². The molecule has 0 aromatic heterocycles. The van der Waals surface area contributed by atoms with Crippen LogP contribution in [0.25, 0.3) is 0 Å². The van der Waals surface area contributed by atoms with Gasteiger partial charge in [0.05, 0.1) is 11.4 Å². The van der Waals surface area contributed by atoms with E-state index < -0.39 is 0 Å². The Hall–Kier alpha value is -2.04. The van der Waals surface area contributed by atoms with E-state index in [1.807, 2.05) is 6.92 Å². The Labute approximate surface area is 93.2 Å². The minimum atomic E-state index is -0.166. The number of nitrogen functional groups attached to an aromatic ring is 1. The van der Waals surface area contributed by atoms with Crippen LogP contribution < -0.4 is 16.0 Å². The number of anilines is 3. The highest BCUT2D eigenvalue weighted by atomic mass is 16.2. The highest BCUT2D eigenvalue weighted by Gasteiger charge is 2.24. The summed E-state index contributed by atoms with van der Waals surface area (Å²) in [6.07, 6.45) is 1.01. The van der Waals surface area contributed by atoms with Crippen LogP contribution in [-0.2, 0) is 9.59 Å². The number of hydrogen-bond acceptors (Lipinski definition) is 3. The molecule has 1 aliphatic heterocycles. The number of nitrogens with two attached hydrogens (primary N) is 1. The molecule has 16 heavy (non-hydrogen) atoms. The minimum absolute atomic E-state index is 0.0946. The van der Waals surface area contributed by atoms with E-state index in [1.54, 1.807) is 18.2 Å². The monoisotopic (exact) mass is 219 g/mol. The molecule has 5 heteroatoms. The van der Waals surface area contributed by atoms with Crippen molar-refractivity contribution < 1.29 is 9.59 Å². The third-order valence-corrected chi connectivity index (χ3v) is 2.64. The van der Waals surface area contributed by atoms with Gasteiger partial charge in [-0.2, -0.15) is 0 Å². The first-order valence-electron chi connectivity index (χ1n) is 5.05. The van der Waals surface area contributed by atoms with Crippen molar-refractivity contribution in [2.75, 3.05) is 16.0 Å². The summed E-state index contributed by atoms with van der Waals surface area (Å²) in [5.41, 5.74) is 7.51. The quantitative estimate of drug-likeness (QED) is 0.545. The smallest absolute Gasteiger partial charge is 0.226 e. The van der Waals surface area contributed by atoms with Crippen molar-refractivity contribution in [3.8, 4) is 0 Å². The lowest BCUT2D eigenvalue weighted by Gasteiger charge is -2.23. The van der Waals surface area contributed by atoms with Crippen LogP contribution in [0.1, 0.15) is 13.3 Å². The average Bonchev–Trinajstić information content (AvgIpc) is 2.33. The van der Waals surface area contributed by atoms with Crippen molar-refractivity contribution in [1.29, 1.82) is 0 Å². The van der Waals surface area contributed by atoms with Crippen LogP contribution in [0.5, 0.6) is 0 Å². The largest absolute Gasteiger partial charge is 0.399 e. The second kappa shape index (κ2) is 3.84. The Morgan fingerprint density at radius 3 is 3.00 bits per heavy atom. The number of hydrogen-bond donors (Lipinski definition) is 2. The van der Waals surface area contributed by atoms with Gasteiger partial charge in [-0.05, 0) is 25.1 Å². The van der Waals surface area contributed by atoms with Crippen LogP contribution in [0.3, 0.4) is 0 Å². The van der Waals surface area contributed by atoms with Gasteiger partial charge in [-0.15, -0.1) is 0 Å². The fraction of sp³-hybridized carbons (Fsp3) is 0.273. The SMILES string of the molecule is C[C@@H]1CC(=O)Nc2ccc(N)cc2N1C=O. The summed E-state index contributed by atoms with van der Waals surface area (Å²) in [5.74, 6) is -0.0946. The molecule has 0 fully saturated rings. The Kier molecular flexibility index (Phi) is 2.52. The Bertz CT molecular complexity index is 445. The predicted molar refractivity (Wildman–Crippen MR) is 62.1 cm³/mol. The van der Waals surface area contributed by atoms with Crippen LogP contribution in [0.15, 0.2) is 18.2 Å². The molecule has 1 aromatic carbocycles. The highest BCUT2D eigenvalue weighted by Crippen LogP contribution is 2.32. The number of benzene rings is 1. The summed E-state index contributed by atoms with van der Waals surface area (Å²) >= 11 is 0. The molecule has 0 saturated heterocycles. The summed E-state index contributed by atoms with van der Waals surface area (Å²) in [6.45, 7) is 1.83. The van der Waals surface area contributed by atoms with Crippen molar-refractivity contribution in [3.05, 3.63) is 18.2 Å². The van der Waals surface area contributed by atoms with Gasteiger partial charge in [0.1, 0.15) is 0 Å². The number of amides is 2.